The van der Waals surface area contributed by atoms with Gasteiger partial charge in [0.2, 0.25) is 5.78 Å². The van der Waals surface area contributed by atoms with Crippen LogP contribution in [0.5, 0.6) is 0 Å². The fourth-order valence-corrected chi connectivity index (χ4v) is 2.06. The zero-order valence-electron chi connectivity index (χ0n) is 8.20. The topological polar surface area (TPSA) is 26.3 Å². The highest BCUT2D eigenvalue weighted by molar-refractivity contribution is 9.12. The molecule has 0 N–H and O–H groups in total. The lowest BCUT2D eigenvalue weighted by atomic mass is 10.1. The molecule has 1 aromatic carbocycles. The van der Waals surface area contributed by atoms with E-state index in [0.717, 1.165) is 18.6 Å². The van der Waals surface area contributed by atoms with Crippen LogP contribution in [0.15, 0.2) is 40.6 Å². The lowest BCUT2D eigenvalue weighted by molar-refractivity contribution is 0.103. The van der Waals surface area contributed by atoms with Crippen LogP contribution in [0, 0.1) is 0 Å². The van der Waals surface area contributed by atoms with E-state index in [1.54, 1.807) is 12.1 Å². The molecule has 0 spiro atoms. The quantitative estimate of drug-likeness (QED) is 0.607. The van der Waals surface area contributed by atoms with E-state index in [1.165, 1.54) is 0 Å². The van der Waals surface area contributed by atoms with Gasteiger partial charge in [-0.15, -0.1) is 0 Å². The fraction of sp³-hybridized carbons (Fsp3) is 0.250. The van der Waals surface area contributed by atoms with Gasteiger partial charge < -0.3 is 4.74 Å². The van der Waals surface area contributed by atoms with Crippen molar-refractivity contribution in [1.82, 2.24) is 0 Å². The van der Waals surface area contributed by atoms with Crippen LogP contribution in [-0.2, 0) is 4.74 Å². The van der Waals surface area contributed by atoms with Gasteiger partial charge in [-0.25, -0.2) is 0 Å². The summed E-state index contributed by atoms with van der Waals surface area (Å²) >= 11 is 3.31. The summed E-state index contributed by atoms with van der Waals surface area (Å²) < 4.78 is 5.93. The Morgan fingerprint density at radius 2 is 2.00 bits per heavy atom. The molecular weight excluding hydrogens is 256 g/mol. The van der Waals surface area contributed by atoms with Crippen molar-refractivity contribution < 1.29 is 9.53 Å². The number of allylic oxidation sites excluding steroid dienone is 2. The highest BCUT2D eigenvalue weighted by Crippen LogP contribution is 2.26. The van der Waals surface area contributed by atoms with Crippen LogP contribution in [-0.4, -0.2) is 12.4 Å². The van der Waals surface area contributed by atoms with E-state index >= 15 is 0 Å². The first-order chi connectivity index (χ1) is 7.29. The van der Waals surface area contributed by atoms with Gasteiger partial charge in [0.15, 0.2) is 0 Å². The van der Waals surface area contributed by atoms with Gasteiger partial charge >= 0.3 is 0 Å². The lowest BCUT2D eigenvalue weighted by Crippen LogP contribution is -2.01. The average Bonchev–Trinajstić information content (AvgIpc) is 2.82. The molecule has 1 aromatic rings. The number of carbonyl (C=O) groups excluding carboxylic acids is 1. The maximum absolute atomic E-state index is 11.9. The number of carbonyl (C=O) groups is 1. The summed E-state index contributed by atoms with van der Waals surface area (Å²) in [4.78, 5) is 11.9. The molecule has 2 rings (SSSR count). The SMILES string of the molecule is O=C(/C(Br)=C1\CCCO1)c1ccccc1. The number of ketones is 1. The van der Waals surface area contributed by atoms with Crippen molar-refractivity contribution in [1.29, 1.82) is 0 Å². The molecule has 78 valence electrons. The molecule has 1 heterocycles. The fourth-order valence-electron chi connectivity index (χ4n) is 1.52. The summed E-state index contributed by atoms with van der Waals surface area (Å²) in [5, 5.41) is 0. The van der Waals surface area contributed by atoms with Crippen LogP contribution < -0.4 is 0 Å². The summed E-state index contributed by atoms with van der Waals surface area (Å²) in [6, 6.07) is 9.21. The monoisotopic (exact) mass is 266 g/mol. The normalized spacial score (nSPS) is 18.5. The number of hydrogen-bond acceptors (Lipinski definition) is 2. The Hall–Kier alpha value is -1.09. The lowest BCUT2D eigenvalue weighted by Gasteiger charge is -2.03. The molecule has 1 fully saturated rings. The Bertz CT molecular complexity index is 387. The van der Waals surface area contributed by atoms with Gasteiger partial charge in [0.05, 0.1) is 6.61 Å². The molecule has 0 atom stereocenters. The number of ether oxygens (including phenoxy) is 1. The number of rotatable bonds is 2. The number of Topliss-reactive ketones (excluding diaryl/α,β-unsaturated/α-hetero) is 1. The van der Waals surface area contributed by atoms with Crippen molar-refractivity contribution in [3.05, 3.63) is 46.1 Å². The van der Waals surface area contributed by atoms with Gasteiger partial charge in [-0.3, -0.25) is 4.79 Å². The van der Waals surface area contributed by atoms with E-state index in [4.69, 9.17) is 4.74 Å². The summed E-state index contributed by atoms with van der Waals surface area (Å²) in [7, 11) is 0. The van der Waals surface area contributed by atoms with Gasteiger partial charge in [-0.1, -0.05) is 30.3 Å². The van der Waals surface area contributed by atoms with Crippen molar-refractivity contribution in [2.75, 3.05) is 6.61 Å². The Balaban J connectivity index is 2.25. The molecular formula is C12H11BrO2. The third-order valence-electron chi connectivity index (χ3n) is 2.30. The second-order valence-corrected chi connectivity index (χ2v) is 4.18. The van der Waals surface area contributed by atoms with Crippen LogP contribution in [0.4, 0.5) is 0 Å². The Morgan fingerprint density at radius 3 is 2.60 bits per heavy atom. The van der Waals surface area contributed by atoms with Crippen molar-refractivity contribution in [2.24, 2.45) is 0 Å². The van der Waals surface area contributed by atoms with Crippen LogP contribution in [0.1, 0.15) is 23.2 Å². The molecule has 1 aliphatic heterocycles. The second kappa shape index (κ2) is 4.62. The van der Waals surface area contributed by atoms with E-state index in [-0.39, 0.29) is 5.78 Å². The Labute approximate surface area is 97.1 Å². The highest BCUT2D eigenvalue weighted by atomic mass is 79.9. The van der Waals surface area contributed by atoms with Crippen molar-refractivity contribution in [3.63, 3.8) is 0 Å². The van der Waals surface area contributed by atoms with Crippen LogP contribution in [0.25, 0.3) is 0 Å². The number of halogens is 1. The molecule has 0 amide bonds. The maximum Gasteiger partial charge on any atom is 0.203 e. The predicted octanol–water partition coefficient (Wildman–Crippen LogP) is 3.29. The molecule has 0 unspecified atom stereocenters. The molecule has 0 saturated carbocycles. The molecule has 3 heteroatoms. The van der Waals surface area contributed by atoms with E-state index < -0.39 is 0 Å². The van der Waals surface area contributed by atoms with Crippen LogP contribution in [0.3, 0.4) is 0 Å². The van der Waals surface area contributed by atoms with Crippen molar-refractivity contribution >= 4 is 21.7 Å². The number of benzene rings is 1. The number of hydrogen-bond donors (Lipinski definition) is 0. The van der Waals surface area contributed by atoms with Gasteiger partial charge in [-0.05, 0) is 22.4 Å². The van der Waals surface area contributed by atoms with E-state index in [9.17, 15) is 4.79 Å². The van der Waals surface area contributed by atoms with E-state index in [1.807, 2.05) is 18.2 Å². The molecule has 0 aromatic heterocycles. The Kier molecular flexibility index (Phi) is 3.21. The summed E-state index contributed by atoms with van der Waals surface area (Å²) in [6.07, 6.45) is 1.84. The molecule has 15 heavy (non-hydrogen) atoms. The van der Waals surface area contributed by atoms with Gasteiger partial charge in [0.25, 0.3) is 0 Å². The largest absolute Gasteiger partial charge is 0.497 e. The molecule has 2 nitrogen and oxygen atoms in total. The zero-order chi connectivity index (χ0) is 10.7. The standard InChI is InChI=1S/C12H11BrO2/c13-11(10-7-4-8-15-10)12(14)9-5-2-1-3-6-9/h1-3,5-6H,4,7-8H2/b11-10-. The Morgan fingerprint density at radius 1 is 1.27 bits per heavy atom. The minimum atomic E-state index is -0.00694. The maximum atomic E-state index is 11.9. The van der Waals surface area contributed by atoms with Crippen LogP contribution in [0.2, 0.25) is 0 Å². The molecule has 1 saturated heterocycles. The zero-order valence-corrected chi connectivity index (χ0v) is 9.79. The molecule has 0 bridgehead atoms. The summed E-state index contributed by atoms with van der Waals surface area (Å²) in [5.74, 6) is 0.774. The summed E-state index contributed by atoms with van der Waals surface area (Å²) in [6.45, 7) is 0.715. The van der Waals surface area contributed by atoms with Gasteiger partial charge in [-0.2, -0.15) is 0 Å². The van der Waals surface area contributed by atoms with E-state index in [2.05, 4.69) is 15.9 Å². The second-order valence-electron chi connectivity index (χ2n) is 3.38. The third-order valence-corrected chi connectivity index (χ3v) is 3.11. The first kappa shape index (κ1) is 10.4. The predicted molar refractivity (Wildman–Crippen MR) is 61.9 cm³/mol. The highest BCUT2D eigenvalue weighted by Gasteiger charge is 2.18. The van der Waals surface area contributed by atoms with Gasteiger partial charge in [0.1, 0.15) is 10.2 Å². The van der Waals surface area contributed by atoms with Crippen molar-refractivity contribution in [2.45, 2.75) is 12.8 Å². The molecule has 0 radical (unpaired) electrons. The average molecular weight is 267 g/mol. The minimum absolute atomic E-state index is 0.00694. The van der Waals surface area contributed by atoms with Crippen molar-refractivity contribution in [3.8, 4) is 0 Å². The molecule has 0 aliphatic carbocycles. The molecule has 1 aliphatic rings. The van der Waals surface area contributed by atoms with Crippen LogP contribution >= 0.6 is 15.9 Å². The smallest absolute Gasteiger partial charge is 0.203 e. The third kappa shape index (κ3) is 2.29. The first-order valence-corrected chi connectivity index (χ1v) is 5.69. The summed E-state index contributed by atoms with van der Waals surface area (Å²) in [5.41, 5.74) is 0.687. The first-order valence-electron chi connectivity index (χ1n) is 4.90. The van der Waals surface area contributed by atoms with Gasteiger partial charge in [0, 0.05) is 12.0 Å². The van der Waals surface area contributed by atoms with E-state index in [0.29, 0.717) is 16.7 Å². The minimum Gasteiger partial charge on any atom is -0.497 e.